The molecule has 4 nitrogen and oxygen atoms in total. The minimum absolute atomic E-state index is 0.137. The highest BCUT2D eigenvalue weighted by molar-refractivity contribution is 6.30. The summed E-state index contributed by atoms with van der Waals surface area (Å²) in [6.45, 7) is 11.4. The van der Waals surface area contributed by atoms with Crippen LogP contribution >= 0.6 is 11.6 Å². The summed E-state index contributed by atoms with van der Waals surface area (Å²) in [7, 11) is 4.10. The molecule has 0 bridgehead atoms. The molecule has 0 radical (unpaired) electrons. The maximum absolute atomic E-state index is 14.0. The molecule has 32 heavy (non-hydrogen) atoms. The number of likely N-dealkylation sites (N-methyl/N-ethyl adjacent to an activating group) is 1. The second kappa shape index (κ2) is 9.79. The molecule has 0 amide bonds. The molecular formula is C27H39ClN2O2. The van der Waals surface area contributed by atoms with Crippen LogP contribution in [0.4, 0.5) is 0 Å². The van der Waals surface area contributed by atoms with Gasteiger partial charge in [0.15, 0.2) is 11.6 Å². The summed E-state index contributed by atoms with van der Waals surface area (Å²) in [5.41, 5.74) is 2.77. The number of fused-ring (bicyclic) bond motifs is 1. The smallest absolute Gasteiger partial charge is 0.160 e. The van der Waals surface area contributed by atoms with Crippen molar-refractivity contribution in [1.29, 1.82) is 0 Å². The molecule has 1 fully saturated rings. The van der Waals surface area contributed by atoms with Gasteiger partial charge in [-0.15, -0.1) is 0 Å². The van der Waals surface area contributed by atoms with Crippen LogP contribution in [-0.4, -0.2) is 55.1 Å². The van der Waals surface area contributed by atoms with Crippen molar-refractivity contribution >= 4 is 23.2 Å². The van der Waals surface area contributed by atoms with Crippen LogP contribution in [0.2, 0.25) is 5.02 Å². The van der Waals surface area contributed by atoms with E-state index in [1.807, 2.05) is 24.3 Å². The summed E-state index contributed by atoms with van der Waals surface area (Å²) >= 11 is 6.06. The van der Waals surface area contributed by atoms with Crippen LogP contribution in [0.15, 0.2) is 35.4 Å². The Morgan fingerprint density at radius 1 is 1.06 bits per heavy atom. The van der Waals surface area contributed by atoms with Gasteiger partial charge in [0.1, 0.15) is 0 Å². The molecule has 2 aliphatic rings. The van der Waals surface area contributed by atoms with Crippen LogP contribution < -0.4 is 0 Å². The zero-order valence-electron chi connectivity index (χ0n) is 20.6. The Hall–Kier alpha value is -1.49. The molecular weight excluding hydrogens is 420 g/mol. The van der Waals surface area contributed by atoms with E-state index in [1.54, 1.807) is 0 Å². The first-order chi connectivity index (χ1) is 14.9. The predicted molar refractivity (Wildman–Crippen MR) is 132 cm³/mol. The van der Waals surface area contributed by atoms with Crippen molar-refractivity contribution in [1.82, 2.24) is 9.80 Å². The Morgan fingerprint density at radius 2 is 1.72 bits per heavy atom. The molecule has 0 aromatic heterocycles. The topological polar surface area (TPSA) is 40.6 Å². The van der Waals surface area contributed by atoms with Gasteiger partial charge in [-0.2, -0.15) is 0 Å². The van der Waals surface area contributed by atoms with Crippen molar-refractivity contribution in [2.75, 3.05) is 33.7 Å². The van der Waals surface area contributed by atoms with E-state index < -0.39 is 5.41 Å². The third-order valence-corrected chi connectivity index (χ3v) is 7.46. The van der Waals surface area contributed by atoms with Crippen molar-refractivity contribution in [2.45, 2.75) is 59.9 Å². The zero-order chi connectivity index (χ0) is 23.7. The van der Waals surface area contributed by atoms with E-state index >= 15 is 0 Å². The van der Waals surface area contributed by atoms with Crippen LogP contribution in [0.1, 0.15) is 58.9 Å². The monoisotopic (exact) mass is 458 g/mol. The van der Waals surface area contributed by atoms with Gasteiger partial charge < -0.3 is 4.90 Å². The number of hydrogen-bond donors (Lipinski definition) is 0. The molecule has 3 rings (SSSR count). The van der Waals surface area contributed by atoms with Crippen molar-refractivity contribution in [3.8, 4) is 0 Å². The van der Waals surface area contributed by atoms with Gasteiger partial charge in [0.05, 0.1) is 12.0 Å². The second-order valence-corrected chi connectivity index (χ2v) is 11.6. The molecule has 1 aromatic rings. The molecule has 2 aliphatic carbocycles. The Kier molecular flexibility index (Phi) is 7.69. The van der Waals surface area contributed by atoms with Gasteiger partial charge in [-0.1, -0.05) is 51.4 Å². The van der Waals surface area contributed by atoms with Crippen LogP contribution in [0.5, 0.6) is 0 Å². The number of hydrogen-bond acceptors (Lipinski definition) is 4. The largest absolute Gasteiger partial charge is 0.308 e. The van der Waals surface area contributed by atoms with Gasteiger partial charge in [0.25, 0.3) is 0 Å². The third-order valence-electron chi connectivity index (χ3n) is 7.21. The van der Waals surface area contributed by atoms with Crippen molar-refractivity contribution in [3.05, 3.63) is 46.0 Å². The molecule has 1 aromatic carbocycles. The van der Waals surface area contributed by atoms with Crippen molar-refractivity contribution < 1.29 is 9.59 Å². The first kappa shape index (κ1) is 25.1. The van der Waals surface area contributed by atoms with E-state index in [2.05, 4.69) is 51.6 Å². The number of rotatable bonds is 9. The van der Waals surface area contributed by atoms with Crippen molar-refractivity contribution in [3.63, 3.8) is 0 Å². The Balaban J connectivity index is 1.88. The molecule has 0 heterocycles. The molecule has 0 spiro atoms. The molecule has 0 unspecified atom stereocenters. The van der Waals surface area contributed by atoms with Gasteiger partial charge >= 0.3 is 0 Å². The van der Waals surface area contributed by atoms with Crippen LogP contribution in [0.3, 0.4) is 0 Å². The van der Waals surface area contributed by atoms with E-state index in [4.69, 9.17) is 11.6 Å². The zero-order valence-corrected chi connectivity index (χ0v) is 21.4. The van der Waals surface area contributed by atoms with Crippen LogP contribution in [-0.2, 0) is 16.1 Å². The summed E-state index contributed by atoms with van der Waals surface area (Å²) in [5, 5.41) is 0.717. The average Bonchev–Trinajstić information content (AvgIpc) is 2.99. The Morgan fingerprint density at radius 3 is 2.31 bits per heavy atom. The van der Waals surface area contributed by atoms with E-state index in [0.29, 0.717) is 24.5 Å². The van der Waals surface area contributed by atoms with E-state index in [-0.39, 0.29) is 22.9 Å². The molecule has 0 saturated heterocycles. The lowest BCUT2D eigenvalue weighted by Gasteiger charge is -2.43. The number of halogens is 1. The lowest BCUT2D eigenvalue weighted by molar-refractivity contribution is -0.132. The number of allylic oxidation sites excluding steroid dienone is 2. The highest BCUT2D eigenvalue weighted by Gasteiger charge is 2.54. The molecule has 5 heteroatoms. The molecule has 176 valence electrons. The number of carbonyl (C=O) groups is 2. The lowest BCUT2D eigenvalue weighted by Crippen LogP contribution is -2.45. The average molecular weight is 459 g/mol. The maximum Gasteiger partial charge on any atom is 0.160 e. The fourth-order valence-electron chi connectivity index (χ4n) is 5.36. The summed E-state index contributed by atoms with van der Waals surface area (Å²) < 4.78 is 0. The number of nitrogens with zero attached hydrogens (tertiary/aromatic N) is 2. The third kappa shape index (κ3) is 5.52. The minimum atomic E-state index is -0.595. The first-order valence-corrected chi connectivity index (χ1v) is 12.2. The number of Topliss-reactive ketones (excluding diaryl/α,β-unsaturated/α-hetero) is 2. The number of benzene rings is 1. The highest BCUT2D eigenvalue weighted by Crippen LogP contribution is 2.57. The SMILES string of the molecule is CC(C)C1=C2CC(C)(C)CC[C@@]2(C(=O)CN(CCN(C)C)Cc2ccc(Cl)cc2)CC1=O. The second-order valence-electron chi connectivity index (χ2n) is 11.1. The fraction of sp³-hybridized carbons (Fsp3) is 0.630. The highest BCUT2D eigenvalue weighted by atomic mass is 35.5. The van der Waals surface area contributed by atoms with Crippen LogP contribution in [0, 0.1) is 16.7 Å². The Labute approximate surface area is 199 Å². The van der Waals surface area contributed by atoms with E-state index in [9.17, 15) is 9.59 Å². The first-order valence-electron chi connectivity index (χ1n) is 11.8. The van der Waals surface area contributed by atoms with Gasteiger partial charge in [0, 0.05) is 31.1 Å². The van der Waals surface area contributed by atoms with Gasteiger partial charge in [-0.25, -0.2) is 0 Å². The van der Waals surface area contributed by atoms with Crippen LogP contribution in [0.25, 0.3) is 0 Å². The van der Waals surface area contributed by atoms with Gasteiger partial charge in [0.2, 0.25) is 0 Å². The number of carbonyl (C=O) groups excluding carboxylic acids is 2. The summed E-state index contributed by atoms with van der Waals surface area (Å²) in [4.78, 5) is 31.4. The molecule has 0 aliphatic heterocycles. The Bertz CT molecular complexity index is 885. The lowest BCUT2D eigenvalue weighted by atomic mass is 9.60. The quantitative estimate of drug-likeness (QED) is 0.497. The van der Waals surface area contributed by atoms with E-state index in [0.717, 1.165) is 49.1 Å². The standard InChI is InChI=1S/C27H39ClN2O2/c1-19(2)25-22-15-26(3,4)11-12-27(22,16-23(25)31)24(32)18-30(14-13-29(5)6)17-20-7-9-21(28)10-8-20/h7-10,19H,11-18H2,1-6H3/t27-/m1/s1. The summed E-state index contributed by atoms with van der Waals surface area (Å²) in [6, 6.07) is 7.85. The van der Waals surface area contributed by atoms with Gasteiger partial charge in [-0.05, 0) is 73.5 Å². The molecule has 1 saturated carbocycles. The minimum Gasteiger partial charge on any atom is -0.308 e. The summed E-state index contributed by atoms with van der Waals surface area (Å²) in [5.74, 6) is 0.582. The predicted octanol–water partition coefficient (Wildman–Crippen LogP) is 5.39. The number of ketones is 2. The molecule has 1 atom stereocenters. The van der Waals surface area contributed by atoms with E-state index in [1.165, 1.54) is 0 Å². The molecule has 0 N–H and O–H groups in total. The summed E-state index contributed by atoms with van der Waals surface area (Å²) in [6.07, 6.45) is 2.99. The normalized spacial score (nSPS) is 22.9. The van der Waals surface area contributed by atoms with Gasteiger partial charge in [-0.3, -0.25) is 14.5 Å². The van der Waals surface area contributed by atoms with Crippen molar-refractivity contribution in [2.24, 2.45) is 16.7 Å². The maximum atomic E-state index is 14.0. The fourth-order valence-corrected chi connectivity index (χ4v) is 5.49.